The number of guanidine groups is 1. The zero-order valence-electron chi connectivity index (χ0n) is 13.5. The fourth-order valence-electron chi connectivity index (χ4n) is 2.22. The summed E-state index contributed by atoms with van der Waals surface area (Å²) in [5, 5.41) is 12.6. The number of nitrogens with two attached hydrogens (primary N) is 1. The Balaban J connectivity index is 2.26. The summed E-state index contributed by atoms with van der Waals surface area (Å²) >= 11 is 0. The van der Waals surface area contributed by atoms with E-state index in [0.717, 1.165) is 24.3 Å². The van der Waals surface area contributed by atoms with Crippen molar-refractivity contribution in [2.24, 2.45) is 16.6 Å². The van der Waals surface area contributed by atoms with Gasteiger partial charge in [-0.3, -0.25) is 4.99 Å². The van der Waals surface area contributed by atoms with Gasteiger partial charge in [-0.2, -0.15) is 0 Å². The highest BCUT2D eigenvalue weighted by Crippen LogP contribution is 2.11. The molecule has 4 heteroatoms. The van der Waals surface area contributed by atoms with Crippen molar-refractivity contribution in [3.63, 3.8) is 0 Å². The lowest BCUT2D eigenvalue weighted by Gasteiger charge is -2.15. The first kappa shape index (κ1) is 17.3. The van der Waals surface area contributed by atoms with Gasteiger partial charge in [-0.1, -0.05) is 38.8 Å². The Morgan fingerprint density at radius 3 is 2.71 bits per heavy atom. The predicted octanol–water partition coefficient (Wildman–Crippen LogP) is 3.05. The summed E-state index contributed by atoms with van der Waals surface area (Å²) in [6, 6.07) is 7.60. The molecule has 1 aromatic carbocycles. The molecule has 0 aliphatic heterocycles. The van der Waals surface area contributed by atoms with Crippen molar-refractivity contribution in [2.75, 3.05) is 6.54 Å². The van der Waals surface area contributed by atoms with Gasteiger partial charge in [0.05, 0.1) is 0 Å². The second-order valence-electron chi connectivity index (χ2n) is 6.06. The van der Waals surface area contributed by atoms with E-state index in [1.165, 1.54) is 12.8 Å². The van der Waals surface area contributed by atoms with Gasteiger partial charge >= 0.3 is 0 Å². The molecule has 0 spiro atoms. The number of rotatable bonds is 8. The van der Waals surface area contributed by atoms with Crippen LogP contribution in [-0.4, -0.2) is 23.7 Å². The van der Waals surface area contributed by atoms with Crippen molar-refractivity contribution >= 4 is 5.96 Å². The molecule has 0 heterocycles. The zero-order chi connectivity index (χ0) is 15.7. The smallest absolute Gasteiger partial charge is 0.188 e. The molecule has 0 aromatic heterocycles. The monoisotopic (exact) mass is 291 g/mol. The summed E-state index contributed by atoms with van der Waals surface area (Å²) in [4.78, 5) is 4.33. The number of aromatic hydroxyl groups is 1. The third-order valence-corrected chi connectivity index (χ3v) is 3.41. The standard InChI is InChI=1S/C17H29N3O/c1-13(2)6-4-7-14(3)20-17(18)19-11-10-15-8-5-9-16(21)12-15/h5,8-9,12-14,21H,4,6-7,10-11H2,1-3H3,(H3,18,19,20). The Labute approximate surface area is 128 Å². The first-order valence-corrected chi connectivity index (χ1v) is 7.81. The highest BCUT2D eigenvalue weighted by atomic mass is 16.3. The van der Waals surface area contributed by atoms with E-state index in [-0.39, 0.29) is 0 Å². The summed E-state index contributed by atoms with van der Waals surface area (Å²) in [5.41, 5.74) is 6.96. The topological polar surface area (TPSA) is 70.6 Å². The molecule has 0 aliphatic carbocycles. The van der Waals surface area contributed by atoms with Crippen LogP contribution in [0.4, 0.5) is 0 Å². The maximum Gasteiger partial charge on any atom is 0.188 e. The second kappa shape index (κ2) is 9.27. The van der Waals surface area contributed by atoms with Crippen LogP contribution in [0.2, 0.25) is 0 Å². The van der Waals surface area contributed by atoms with E-state index in [0.29, 0.717) is 24.3 Å². The Hall–Kier alpha value is -1.71. The number of hydrogen-bond donors (Lipinski definition) is 3. The summed E-state index contributed by atoms with van der Waals surface area (Å²) < 4.78 is 0. The first-order chi connectivity index (χ1) is 9.97. The maximum absolute atomic E-state index is 9.39. The van der Waals surface area contributed by atoms with Gasteiger partial charge in [0.25, 0.3) is 0 Å². The molecule has 0 bridgehead atoms. The summed E-state index contributed by atoms with van der Waals surface area (Å²) in [7, 11) is 0. The van der Waals surface area contributed by atoms with Crippen LogP contribution in [0.1, 0.15) is 45.6 Å². The average molecular weight is 291 g/mol. The Kier molecular flexibility index (Phi) is 7.65. The molecular weight excluding hydrogens is 262 g/mol. The number of nitrogens with one attached hydrogen (secondary N) is 1. The molecule has 1 aromatic rings. The van der Waals surface area contributed by atoms with Gasteiger partial charge < -0.3 is 16.2 Å². The van der Waals surface area contributed by atoms with Crippen LogP contribution in [0.3, 0.4) is 0 Å². The van der Waals surface area contributed by atoms with Crippen LogP contribution in [-0.2, 0) is 6.42 Å². The molecule has 118 valence electrons. The van der Waals surface area contributed by atoms with E-state index in [2.05, 4.69) is 31.1 Å². The summed E-state index contributed by atoms with van der Waals surface area (Å²) in [6.07, 6.45) is 4.35. The SMILES string of the molecule is CC(C)CCCC(C)NC(N)=NCCc1cccc(O)c1. The van der Waals surface area contributed by atoms with E-state index in [4.69, 9.17) is 5.73 Å². The Morgan fingerprint density at radius 1 is 1.29 bits per heavy atom. The zero-order valence-corrected chi connectivity index (χ0v) is 13.5. The minimum absolute atomic E-state index is 0.293. The van der Waals surface area contributed by atoms with Crippen LogP contribution >= 0.6 is 0 Å². The number of nitrogens with zero attached hydrogens (tertiary/aromatic N) is 1. The highest BCUT2D eigenvalue weighted by molar-refractivity contribution is 5.78. The van der Waals surface area contributed by atoms with Crippen molar-refractivity contribution in [3.05, 3.63) is 29.8 Å². The molecule has 0 radical (unpaired) electrons. The molecule has 0 aliphatic rings. The van der Waals surface area contributed by atoms with Gasteiger partial charge in [0, 0.05) is 12.6 Å². The average Bonchev–Trinajstić information content (AvgIpc) is 2.38. The molecule has 0 fully saturated rings. The Bertz CT molecular complexity index is 443. The van der Waals surface area contributed by atoms with Gasteiger partial charge in [-0.05, 0) is 43.4 Å². The van der Waals surface area contributed by atoms with Crippen LogP contribution in [0, 0.1) is 5.92 Å². The van der Waals surface area contributed by atoms with E-state index in [1.54, 1.807) is 12.1 Å². The fourth-order valence-corrected chi connectivity index (χ4v) is 2.22. The Morgan fingerprint density at radius 2 is 2.05 bits per heavy atom. The minimum Gasteiger partial charge on any atom is -0.508 e. The van der Waals surface area contributed by atoms with Gasteiger partial charge in [0.2, 0.25) is 0 Å². The number of phenolic OH excluding ortho intramolecular Hbond substituents is 1. The molecule has 1 atom stereocenters. The predicted molar refractivity (Wildman–Crippen MR) is 89.6 cm³/mol. The molecule has 21 heavy (non-hydrogen) atoms. The lowest BCUT2D eigenvalue weighted by molar-refractivity contribution is 0.474. The van der Waals surface area contributed by atoms with E-state index in [9.17, 15) is 5.11 Å². The quantitative estimate of drug-likeness (QED) is 0.509. The van der Waals surface area contributed by atoms with Gasteiger partial charge in [0.15, 0.2) is 5.96 Å². The number of phenols is 1. The molecule has 4 nitrogen and oxygen atoms in total. The van der Waals surface area contributed by atoms with E-state index < -0.39 is 0 Å². The van der Waals surface area contributed by atoms with Crippen molar-refractivity contribution in [3.8, 4) is 5.75 Å². The van der Waals surface area contributed by atoms with Crippen molar-refractivity contribution in [2.45, 2.75) is 52.5 Å². The number of benzene rings is 1. The molecule has 0 saturated carbocycles. The first-order valence-electron chi connectivity index (χ1n) is 7.81. The molecule has 1 rings (SSSR count). The van der Waals surface area contributed by atoms with Gasteiger partial charge in [-0.15, -0.1) is 0 Å². The maximum atomic E-state index is 9.39. The largest absolute Gasteiger partial charge is 0.508 e. The van der Waals surface area contributed by atoms with Gasteiger partial charge in [0.1, 0.15) is 5.75 Å². The fraction of sp³-hybridized carbons (Fsp3) is 0.588. The van der Waals surface area contributed by atoms with Crippen LogP contribution in [0.25, 0.3) is 0 Å². The third-order valence-electron chi connectivity index (χ3n) is 3.41. The third kappa shape index (κ3) is 8.23. The normalized spacial score (nSPS) is 13.4. The lowest BCUT2D eigenvalue weighted by Crippen LogP contribution is -2.38. The highest BCUT2D eigenvalue weighted by Gasteiger charge is 2.03. The molecular formula is C17H29N3O. The lowest BCUT2D eigenvalue weighted by atomic mass is 10.0. The number of aliphatic imine (C=N–C) groups is 1. The number of hydrogen-bond acceptors (Lipinski definition) is 2. The molecule has 0 saturated heterocycles. The van der Waals surface area contributed by atoms with Crippen molar-refractivity contribution in [1.29, 1.82) is 0 Å². The van der Waals surface area contributed by atoms with Crippen molar-refractivity contribution < 1.29 is 5.11 Å². The van der Waals surface area contributed by atoms with Crippen LogP contribution < -0.4 is 11.1 Å². The molecule has 0 amide bonds. The van der Waals surface area contributed by atoms with Crippen molar-refractivity contribution in [1.82, 2.24) is 5.32 Å². The second-order valence-corrected chi connectivity index (χ2v) is 6.06. The minimum atomic E-state index is 0.293. The summed E-state index contributed by atoms with van der Waals surface area (Å²) in [5.74, 6) is 1.55. The summed E-state index contributed by atoms with van der Waals surface area (Å²) in [6.45, 7) is 7.25. The van der Waals surface area contributed by atoms with Crippen LogP contribution in [0.15, 0.2) is 29.3 Å². The molecule has 4 N–H and O–H groups in total. The van der Waals surface area contributed by atoms with Crippen LogP contribution in [0.5, 0.6) is 5.75 Å². The van der Waals surface area contributed by atoms with E-state index in [1.807, 2.05) is 12.1 Å². The van der Waals surface area contributed by atoms with E-state index >= 15 is 0 Å². The van der Waals surface area contributed by atoms with Gasteiger partial charge in [-0.25, -0.2) is 0 Å². The molecule has 1 unspecified atom stereocenters.